The third kappa shape index (κ3) is 5.56. The Balaban J connectivity index is 1.89. The minimum atomic E-state index is -0.991. The molecule has 0 bridgehead atoms. The summed E-state index contributed by atoms with van der Waals surface area (Å²) < 4.78 is 0. The number of hydrogen-bond acceptors (Lipinski definition) is 6. The number of aliphatic imine (C=N–C) groups is 3. The van der Waals surface area contributed by atoms with Gasteiger partial charge in [-0.05, 0) is 60.4 Å². The lowest BCUT2D eigenvalue weighted by atomic mass is 10.2. The van der Waals surface area contributed by atoms with Crippen LogP contribution < -0.4 is 10.1 Å². The molecule has 1 aliphatic rings. The predicted octanol–water partition coefficient (Wildman–Crippen LogP) is 4.31. The predicted molar refractivity (Wildman–Crippen MR) is 143 cm³/mol. The molecule has 1 saturated heterocycles. The van der Waals surface area contributed by atoms with Crippen molar-refractivity contribution < 1.29 is 10.4 Å². The lowest BCUT2D eigenvalue weighted by Crippen LogP contribution is -2.99. The second-order valence-electron chi connectivity index (χ2n) is 7.38. The summed E-state index contributed by atoms with van der Waals surface area (Å²) in [6.07, 6.45) is 0. The molecular formula is C24H22N6O2S2. The molecule has 0 amide bonds. The number of rotatable bonds is 4. The first-order valence-electron chi connectivity index (χ1n) is 10.3. The van der Waals surface area contributed by atoms with Gasteiger partial charge in [0, 0.05) is 26.2 Å². The van der Waals surface area contributed by atoms with Crippen molar-refractivity contribution in [3.8, 4) is 0 Å². The van der Waals surface area contributed by atoms with Gasteiger partial charge >= 0.3 is 0 Å². The molecule has 4 rings (SSSR count). The summed E-state index contributed by atoms with van der Waals surface area (Å²) in [5.41, 5.74) is 2.43. The van der Waals surface area contributed by atoms with Crippen LogP contribution >= 0.6 is 24.0 Å². The summed E-state index contributed by atoms with van der Waals surface area (Å²) in [4.78, 5) is 18.0. The molecule has 0 radical (unpaired) electrons. The highest BCUT2D eigenvalue weighted by Gasteiger charge is 2.35. The maximum absolute atomic E-state index is 11.4. The maximum atomic E-state index is 11.4. The number of anilines is 1. The Hall–Kier alpha value is -3.41. The molecule has 8 nitrogen and oxygen atoms in total. The van der Waals surface area contributed by atoms with Crippen LogP contribution in [-0.2, 0) is 0 Å². The van der Waals surface area contributed by atoms with Gasteiger partial charge in [0.15, 0.2) is 21.8 Å². The molecule has 1 atom stereocenters. The fourth-order valence-electron chi connectivity index (χ4n) is 3.02. The van der Waals surface area contributed by atoms with E-state index < -0.39 is 5.23 Å². The average Bonchev–Trinajstić information content (AvgIpc) is 3.16. The Morgan fingerprint density at radius 1 is 0.912 bits per heavy atom. The van der Waals surface area contributed by atoms with E-state index in [0.717, 1.165) is 11.4 Å². The molecule has 34 heavy (non-hydrogen) atoms. The number of thioether (sulfide) groups is 1. The van der Waals surface area contributed by atoms with Crippen LogP contribution in [0.25, 0.3) is 0 Å². The molecule has 0 aromatic heterocycles. The van der Waals surface area contributed by atoms with E-state index in [9.17, 15) is 10.4 Å². The Morgan fingerprint density at radius 2 is 1.47 bits per heavy atom. The van der Waals surface area contributed by atoms with Gasteiger partial charge in [-0.2, -0.15) is 10.2 Å². The SMILES string of the molecule is CN(C)C(=S)/N=C1\SC(=Nc2ccccc2)C(=Nc2ccccc2)N1c1ccc([NH+]([O-])O)cc1. The number of nitrogens with one attached hydrogen (secondary N) is 1. The van der Waals surface area contributed by atoms with Gasteiger partial charge in [-0.25, -0.2) is 15.2 Å². The Kier molecular flexibility index (Phi) is 7.46. The van der Waals surface area contributed by atoms with Gasteiger partial charge in [-0.3, -0.25) is 4.90 Å². The Labute approximate surface area is 207 Å². The van der Waals surface area contributed by atoms with Crippen molar-refractivity contribution >= 4 is 67.9 Å². The van der Waals surface area contributed by atoms with Gasteiger partial charge in [-0.15, -0.1) is 0 Å². The first-order chi connectivity index (χ1) is 16.4. The van der Waals surface area contributed by atoms with Crippen molar-refractivity contribution in [2.24, 2.45) is 15.0 Å². The van der Waals surface area contributed by atoms with Gasteiger partial charge in [-0.1, -0.05) is 36.4 Å². The summed E-state index contributed by atoms with van der Waals surface area (Å²) in [6, 6.07) is 25.7. The van der Waals surface area contributed by atoms with Crippen LogP contribution in [0.4, 0.5) is 22.7 Å². The van der Waals surface area contributed by atoms with Crippen molar-refractivity contribution in [2.75, 3.05) is 19.0 Å². The van der Waals surface area contributed by atoms with E-state index in [4.69, 9.17) is 22.2 Å². The number of nitrogens with zero attached hydrogens (tertiary/aromatic N) is 5. The number of hydrogen-bond donors (Lipinski definition) is 2. The van der Waals surface area contributed by atoms with Crippen LogP contribution in [-0.4, -0.2) is 45.4 Å². The van der Waals surface area contributed by atoms with Gasteiger partial charge in [0.05, 0.1) is 17.1 Å². The van der Waals surface area contributed by atoms with E-state index in [1.807, 2.05) is 79.7 Å². The van der Waals surface area contributed by atoms with Crippen LogP contribution in [0.1, 0.15) is 0 Å². The third-order valence-corrected chi connectivity index (χ3v) is 6.09. The number of quaternary nitrogens is 1. The first kappa shape index (κ1) is 23.7. The van der Waals surface area contributed by atoms with E-state index in [1.54, 1.807) is 29.2 Å². The van der Waals surface area contributed by atoms with Crippen LogP contribution in [0.2, 0.25) is 0 Å². The minimum Gasteiger partial charge on any atom is -0.595 e. The van der Waals surface area contributed by atoms with E-state index in [0.29, 0.717) is 26.8 Å². The highest BCUT2D eigenvalue weighted by molar-refractivity contribution is 8.29. The van der Waals surface area contributed by atoms with E-state index in [-0.39, 0.29) is 5.69 Å². The van der Waals surface area contributed by atoms with Crippen LogP contribution in [0, 0.1) is 5.21 Å². The van der Waals surface area contributed by atoms with Crippen molar-refractivity contribution in [3.63, 3.8) is 0 Å². The van der Waals surface area contributed by atoms with Gasteiger partial charge in [0.25, 0.3) is 0 Å². The smallest absolute Gasteiger partial charge is 0.197 e. The lowest BCUT2D eigenvalue weighted by molar-refractivity contribution is -0.991. The van der Waals surface area contributed by atoms with Crippen molar-refractivity contribution in [3.05, 3.63) is 90.1 Å². The fourth-order valence-corrected chi connectivity index (χ4v) is 4.13. The van der Waals surface area contributed by atoms with Gasteiger partial charge < -0.3 is 10.1 Å². The molecule has 1 heterocycles. The average molecular weight is 491 g/mol. The second-order valence-corrected chi connectivity index (χ2v) is 8.71. The van der Waals surface area contributed by atoms with Crippen LogP contribution in [0.15, 0.2) is 99.9 Å². The first-order valence-corrected chi connectivity index (χ1v) is 11.5. The van der Waals surface area contributed by atoms with E-state index >= 15 is 0 Å². The second kappa shape index (κ2) is 10.7. The standard InChI is InChI=1S/C24H22N6O2S2/c1-28(2)23(33)27-24-29(19-13-15-20(16-14-19)30(31)32)21(25-17-9-5-3-6-10-17)22(34-24)26-18-11-7-4-8-12-18/h3-16,30-31H,1-2H3/b25-21?,26-22?,27-24-. The summed E-state index contributed by atoms with van der Waals surface area (Å²) in [7, 11) is 3.66. The summed E-state index contributed by atoms with van der Waals surface area (Å²) >= 11 is 6.81. The molecule has 1 unspecified atom stereocenters. The minimum absolute atomic E-state index is 0.192. The fraction of sp³-hybridized carbons (Fsp3) is 0.0833. The molecule has 3 aromatic carbocycles. The molecule has 3 aromatic rings. The van der Waals surface area contributed by atoms with Crippen molar-refractivity contribution in [1.82, 2.24) is 4.90 Å². The van der Waals surface area contributed by atoms with Gasteiger partial charge in [0.1, 0.15) is 5.04 Å². The topological polar surface area (TPSA) is 91.3 Å². The summed E-state index contributed by atoms with van der Waals surface area (Å²) in [5, 5.41) is 21.3. The van der Waals surface area contributed by atoms with Crippen LogP contribution in [0.5, 0.6) is 0 Å². The molecule has 2 N–H and O–H groups in total. The van der Waals surface area contributed by atoms with Crippen molar-refractivity contribution in [2.45, 2.75) is 0 Å². The largest absolute Gasteiger partial charge is 0.595 e. The summed E-state index contributed by atoms with van der Waals surface area (Å²) in [6.45, 7) is 0. The Bertz CT molecular complexity index is 1240. The quantitative estimate of drug-likeness (QED) is 0.418. The zero-order chi connectivity index (χ0) is 24.1. The zero-order valence-electron chi connectivity index (χ0n) is 18.5. The number of thiocarbonyl (C=S) groups is 1. The molecule has 0 spiro atoms. The monoisotopic (exact) mass is 490 g/mol. The molecule has 10 heteroatoms. The lowest BCUT2D eigenvalue weighted by Gasteiger charge is -2.20. The van der Waals surface area contributed by atoms with Crippen LogP contribution in [0.3, 0.4) is 0 Å². The Morgan fingerprint density at radius 3 is 2.00 bits per heavy atom. The highest BCUT2D eigenvalue weighted by Crippen LogP contribution is 2.33. The molecule has 172 valence electrons. The number of benzene rings is 3. The molecule has 0 saturated carbocycles. The number of para-hydroxylation sites is 2. The summed E-state index contributed by atoms with van der Waals surface area (Å²) in [5.74, 6) is 0.573. The third-order valence-electron chi connectivity index (χ3n) is 4.71. The van der Waals surface area contributed by atoms with E-state index in [2.05, 4.69) is 4.99 Å². The molecule has 1 aliphatic heterocycles. The molecular weight excluding hydrogens is 468 g/mol. The maximum Gasteiger partial charge on any atom is 0.197 e. The normalized spacial score (nSPS) is 18.0. The van der Waals surface area contributed by atoms with Gasteiger partial charge in [0.2, 0.25) is 0 Å². The number of amidine groups is 2. The highest BCUT2D eigenvalue weighted by atomic mass is 32.2. The van der Waals surface area contributed by atoms with Crippen molar-refractivity contribution in [1.29, 1.82) is 0 Å². The zero-order valence-corrected chi connectivity index (χ0v) is 20.1. The molecule has 1 fully saturated rings. The van der Waals surface area contributed by atoms with E-state index in [1.165, 1.54) is 11.8 Å². The molecule has 0 aliphatic carbocycles.